The highest BCUT2D eigenvalue weighted by molar-refractivity contribution is 6.03. The van der Waals surface area contributed by atoms with Crippen molar-refractivity contribution in [3.05, 3.63) is 94.8 Å². The Balaban J connectivity index is 1.47. The van der Waals surface area contributed by atoms with Crippen LogP contribution in [0.15, 0.2) is 66.7 Å². The number of ketones is 1. The van der Waals surface area contributed by atoms with Gasteiger partial charge in [0.25, 0.3) is 5.91 Å². The predicted molar refractivity (Wildman–Crippen MR) is 165 cm³/mol. The molecule has 3 aromatic carbocycles. The van der Waals surface area contributed by atoms with Crippen LogP contribution in [0, 0.1) is 11.7 Å². The molecule has 0 saturated carbocycles. The molecule has 0 bridgehead atoms. The number of halogens is 1. The predicted octanol–water partition coefficient (Wildman–Crippen LogP) is 5.42. The number of hydrogen-bond acceptors (Lipinski definition) is 5. The van der Waals surface area contributed by atoms with Gasteiger partial charge in [0.15, 0.2) is 5.78 Å². The van der Waals surface area contributed by atoms with E-state index in [1.807, 2.05) is 31.1 Å². The minimum absolute atomic E-state index is 0.0873. The molecular weight excluding hydrogens is 533 g/mol. The van der Waals surface area contributed by atoms with Crippen LogP contribution in [-0.4, -0.2) is 67.8 Å². The first-order valence-electron chi connectivity index (χ1n) is 14.4. The molecule has 1 fully saturated rings. The highest BCUT2D eigenvalue weighted by Crippen LogP contribution is 2.27. The normalized spacial score (nSPS) is 14.0. The minimum Gasteiger partial charge on any atom is -0.351 e. The van der Waals surface area contributed by atoms with Crippen LogP contribution in [0.2, 0.25) is 0 Å². The molecule has 1 heterocycles. The van der Waals surface area contributed by atoms with E-state index in [1.54, 1.807) is 42.5 Å². The molecular formula is C33H40FN5O3. The number of likely N-dealkylation sites (tertiary alicyclic amines) is 1. The quantitative estimate of drug-likeness (QED) is 0.267. The third-order valence-corrected chi connectivity index (χ3v) is 7.57. The van der Waals surface area contributed by atoms with Gasteiger partial charge in [0.2, 0.25) is 0 Å². The Hall–Kier alpha value is -4.08. The molecule has 0 aromatic heterocycles. The van der Waals surface area contributed by atoms with Crippen LogP contribution < -0.4 is 16.0 Å². The van der Waals surface area contributed by atoms with Crippen LogP contribution in [0.1, 0.15) is 51.6 Å². The van der Waals surface area contributed by atoms with Gasteiger partial charge in [-0.15, -0.1) is 0 Å². The number of carbonyl (C=O) groups excluding carboxylic acids is 3. The third-order valence-electron chi connectivity index (χ3n) is 7.57. The fraction of sp³-hybridized carbons (Fsp3) is 0.364. The lowest BCUT2D eigenvalue weighted by molar-refractivity contribution is 0.0947. The summed E-state index contributed by atoms with van der Waals surface area (Å²) in [7, 11) is 3.90. The summed E-state index contributed by atoms with van der Waals surface area (Å²) < 4.78 is 13.3. The van der Waals surface area contributed by atoms with Gasteiger partial charge >= 0.3 is 6.03 Å². The van der Waals surface area contributed by atoms with Gasteiger partial charge in [0.05, 0.1) is 0 Å². The summed E-state index contributed by atoms with van der Waals surface area (Å²) in [5.74, 6) is 0.0121. The summed E-state index contributed by atoms with van der Waals surface area (Å²) in [5, 5.41) is 8.73. The number of amides is 3. The first-order chi connectivity index (χ1) is 20.2. The summed E-state index contributed by atoms with van der Waals surface area (Å²) in [5.41, 5.74) is 3.99. The summed E-state index contributed by atoms with van der Waals surface area (Å²) in [4.78, 5) is 42.4. The zero-order valence-electron chi connectivity index (χ0n) is 24.6. The van der Waals surface area contributed by atoms with Crippen molar-refractivity contribution in [3.8, 4) is 0 Å². The zero-order valence-corrected chi connectivity index (χ0v) is 24.6. The van der Waals surface area contributed by atoms with Crippen molar-refractivity contribution in [2.75, 3.05) is 50.9 Å². The molecule has 42 heavy (non-hydrogen) atoms. The average Bonchev–Trinajstić information content (AvgIpc) is 2.96. The van der Waals surface area contributed by atoms with Crippen LogP contribution in [-0.2, 0) is 13.0 Å². The first kappa shape index (κ1) is 30.9. The van der Waals surface area contributed by atoms with Gasteiger partial charge in [-0.2, -0.15) is 0 Å². The number of nitrogens with one attached hydrogen (secondary N) is 3. The molecule has 1 aliphatic rings. The number of nitrogens with zero attached hydrogens (tertiary/aromatic N) is 2. The topological polar surface area (TPSA) is 93.8 Å². The molecule has 3 N–H and O–H groups in total. The molecule has 3 amide bonds. The van der Waals surface area contributed by atoms with E-state index in [0.29, 0.717) is 48.1 Å². The number of carbonyl (C=O) groups is 3. The smallest absolute Gasteiger partial charge is 0.323 e. The van der Waals surface area contributed by atoms with Crippen LogP contribution in [0.25, 0.3) is 0 Å². The molecule has 0 radical (unpaired) electrons. The van der Waals surface area contributed by atoms with Gasteiger partial charge in [-0.25, -0.2) is 9.18 Å². The molecule has 4 rings (SSSR count). The number of likely N-dealkylation sites (N-methyl/N-ethyl adjacent to an activating group) is 1. The number of Topliss-reactive ketones (excluding diaryl/α,β-unsaturated/α-hetero) is 1. The fourth-order valence-electron chi connectivity index (χ4n) is 5.20. The lowest BCUT2D eigenvalue weighted by atomic mass is 9.90. The molecule has 0 aliphatic carbocycles. The standard InChI is InChI=1S/C33H40FN5O3/c1-23(40)26-6-4-7-28(21-26)36-33(42)37-31-9-5-8-29(32(41)35-16-19-38(2)3)30(31)22-39-17-14-25(15-18-39)20-24-10-12-27(34)13-11-24/h4-13,21,25H,14-20,22H2,1-3H3,(H,35,41)(H2,36,37,42). The van der Waals surface area contributed by atoms with Crippen LogP contribution in [0.4, 0.5) is 20.6 Å². The van der Waals surface area contributed by atoms with Gasteiger partial charge in [-0.1, -0.05) is 30.3 Å². The Morgan fingerprint density at radius 3 is 2.36 bits per heavy atom. The number of hydrogen-bond donors (Lipinski definition) is 3. The van der Waals surface area contributed by atoms with Crippen molar-refractivity contribution in [2.24, 2.45) is 5.92 Å². The van der Waals surface area contributed by atoms with Crippen molar-refractivity contribution >= 4 is 29.1 Å². The average molecular weight is 574 g/mol. The van der Waals surface area contributed by atoms with Crippen molar-refractivity contribution in [1.82, 2.24) is 15.1 Å². The van der Waals surface area contributed by atoms with Gasteiger partial charge in [-0.3, -0.25) is 14.5 Å². The van der Waals surface area contributed by atoms with Crippen molar-refractivity contribution in [3.63, 3.8) is 0 Å². The second-order valence-corrected chi connectivity index (χ2v) is 11.2. The molecule has 3 aromatic rings. The maximum atomic E-state index is 13.3. The molecule has 222 valence electrons. The summed E-state index contributed by atoms with van der Waals surface area (Å²) >= 11 is 0. The monoisotopic (exact) mass is 573 g/mol. The third kappa shape index (κ3) is 8.96. The summed E-state index contributed by atoms with van der Waals surface area (Å²) in [6.07, 6.45) is 2.89. The maximum Gasteiger partial charge on any atom is 0.323 e. The first-order valence-corrected chi connectivity index (χ1v) is 14.4. The Labute approximate surface area is 247 Å². The van der Waals surface area contributed by atoms with Crippen molar-refractivity contribution in [2.45, 2.75) is 32.7 Å². The lowest BCUT2D eigenvalue weighted by Gasteiger charge is -2.33. The number of rotatable bonds is 11. The van der Waals surface area contributed by atoms with Crippen LogP contribution in [0.5, 0.6) is 0 Å². The number of urea groups is 1. The van der Waals surface area contributed by atoms with Crippen molar-refractivity contribution < 1.29 is 18.8 Å². The number of anilines is 2. The van der Waals surface area contributed by atoms with Crippen LogP contribution in [0.3, 0.4) is 0 Å². The highest BCUT2D eigenvalue weighted by Gasteiger charge is 2.23. The van der Waals surface area contributed by atoms with Gasteiger partial charge in [0, 0.05) is 47.7 Å². The Morgan fingerprint density at radius 2 is 1.67 bits per heavy atom. The number of benzene rings is 3. The fourth-order valence-corrected chi connectivity index (χ4v) is 5.20. The molecule has 1 aliphatic heterocycles. The van der Waals surface area contributed by atoms with E-state index in [1.165, 1.54) is 19.1 Å². The molecule has 0 unspecified atom stereocenters. The van der Waals surface area contributed by atoms with Gasteiger partial charge in [0.1, 0.15) is 5.82 Å². The lowest BCUT2D eigenvalue weighted by Crippen LogP contribution is -2.36. The van der Waals surface area contributed by atoms with E-state index in [9.17, 15) is 18.8 Å². The second-order valence-electron chi connectivity index (χ2n) is 11.2. The SMILES string of the molecule is CC(=O)c1cccc(NC(=O)Nc2cccc(C(=O)NCCN(C)C)c2CN2CCC(Cc3ccc(F)cc3)CC2)c1. The molecule has 8 nitrogen and oxygen atoms in total. The number of piperidine rings is 1. The minimum atomic E-state index is -0.458. The zero-order chi connectivity index (χ0) is 30.1. The summed E-state index contributed by atoms with van der Waals surface area (Å²) in [6.45, 7) is 4.91. The van der Waals surface area contributed by atoms with Gasteiger partial charge < -0.3 is 20.9 Å². The maximum absolute atomic E-state index is 13.3. The second kappa shape index (κ2) is 14.7. The van der Waals surface area contributed by atoms with E-state index < -0.39 is 6.03 Å². The van der Waals surface area contributed by atoms with Crippen LogP contribution >= 0.6 is 0 Å². The Kier molecular flexibility index (Phi) is 10.8. The van der Waals surface area contributed by atoms with E-state index in [2.05, 4.69) is 20.9 Å². The van der Waals surface area contributed by atoms with E-state index in [0.717, 1.165) is 43.5 Å². The molecule has 1 saturated heterocycles. The van der Waals surface area contributed by atoms with E-state index in [4.69, 9.17) is 0 Å². The molecule has 0 spiro atoms. The molecule has 0 atom stereocenters. The largest absolute Gasteiger partial charge is 0.351 e. The Bertz CT molecular complexity index is 1380. The van der Waals surface area contributed by atoms with E-state index >= 15 is 0 Å². The molecule has 9 heteroatoms. The highest BCUT2D eigenvalue weighted by atomic mass is 19.1. The van der Waals surface area contributed by atoms with E-state index in [-0.39, 0.29) is 17.5 Å². The summed E-state index contributed by atoms with van der Waals surface area (Å²) in [6, 6.07) is 18.4. The Morgan fingerprint density at radius 1 is 0.952 bits per heavy atom. The van der Waals surface area contributed by atoms with Crippen molar-refractivity contribution in [1.29, 1.82) is 0 Å². The van der Waals surface area contributed by atoms with Gasteiger partial charge in [-0.05, 0) is 101 Å².